The summed E-state index contributed by atoms with van der Waals surface area (Å²) in [5, 5.41) is 2.57. The van der Waals surface area contributed by atoms with Crippen molar-refractivity contribution < 1.29 is 4.74 Å². The minimum atomic E-state index is -0.179. The molecule has 1 unspecified atom stereocenters. The lowest BCUT2D eigenvalue weighted by Crippen LogP contribution is -2.42. The van der Waals surface area contributed by atoms with Crippen LogP contribution < -0.4 is 11.3 Å². The Hall–Kier alpha value is -1.42. The normalized spacial score (nSPS) is 13.6. The molecule has 0 saturated carbocycles. The second kappa shape index (κ2) is 6.35. The first-order chi connectivity index (χ1) is 9.55. The maximum absolute atomic E-state index is 5.72. The summed E-state index contributed by atoms with van der Waals surface area (Å²) >= 11 is 0. The number of methoxy groups -OCH3 is 1. The van der Waals surface area contributed by atoms with Gasteiger partial charge in [0.25, 0.3) is 0 Å². The van der Waals surface area contributed by atoms with Crippen LogP contribution in [-0.4, -0.2) is 18.8 Å². The highest BCUT2D eigenvalue weighted by Gasteiger charge is 2.22. The van der Waals surface area contributed by atoms with Crippen LogP contribution in [0.3, 0.4) is 0 Å². The van der Waals surface area contributed by atoms with Gasteiger partial charge in [0.1, 0.15) is 0 Å². The van der Waals surface area contributed by atoms with Crippen LogP contribution in [0.25, 0.3) is 10.8 Å². The SMILES string of the molecule is COC(C)(C)CC(Cc1cccc2ccccc12)NN. The molecule has 0 saturated heterocycles. The molecule has 0 spiro atoms. The summed E-state index contributed by atoms with van der Waals surface area (Å²) < 4.78 is 5.50. The third-order valence-corrected chi connectivity index (χ3v) is 3.87. The maximum atomic E-state index is 5.72. The van der Waals surface area contributed by atoms with Crippen LogP contribution in [0, 0.1) is 0 Å². The molecule has 0 aromatic heterocycles. The lowest BCUT2D eigenvalue weighted by Gasteiger charge is -2.28. The third kappa shape index (κ3) is 3.57. The number of ether oxygens (including phenoxy) is 1. The average Bonchev–Trinajstić information content (AvgIpc) is 2.46. The van der Waals surface area contributed by atoms with Crippen molar-refractivity contribution in [2.75, 3.05) is 7.11 Å². The molecule has 3 N–H and O–H groups in total. The second-order valence-electron chi connectivity index (χ2n) is 5.87. The van der Waals surface area contributed by atoms with Gasteiger partial charge in [0.05, 0.1) is 5.60 Å². The Morgan fingerprint density at radius 1 is 1.15 bits per heavy atom. The quantitative estimate of drug-likeness (QED) is 0.627. The van der Waals surface area contributed by atoms with E-state index >= 15 is 0 Å². The Kier molecular flexibility index (Phi) is 4.76. The minimum absolute atomic E-state index is 0.179. The largest absolute Gasteiger partial charge is 0.379 e. The number of fused-ring (bicyclic) bond motifs is 1. The second-order valence-corrected chi connectivity index (χ2v) is 5.87. The van der Waals surface area contributed by atoms with Gasteiger partial charge < -0.3 is 4.74 Å². The monoisotopic (exact) mass is 272 g/mol. The van der Waals surface area contributed by atoms with Crippen LogP contribution in [0.2, 0.25) is 0 Å². The zero-order chi connectivity index (χ0) is 14.6. The predicted molar refractivity (Wildman–Crippen MR) is 84.5 cm³/mol. The van der Waals surface area contributed by atoms with E-state index in [4.69, 9.17) is 10.6 Å². The number of hydrogen-bond donors (Lipinski definition) is 2. The molecule has 3 nitrogen and oxygen atoms in total. The molecule has 0 fully saturated rings. The van der Waals surface area contributed by atoms with E-state index in [-0.39, 0.29) is 11.6 Å². The molecule has 0 aliphatic heterocycles. The highest BCUT2D eigenvalue weighted by atomic mass is 16.5. The van der Waals surface area contributed by atoms with Crippen LogP contribution in [0.1, 0.15) is 25.8 Å². The summed E-state index contributed by atoms with van der Waals surface area (Å²) in [5.41, 5.74) is 4.06. The maximum Gasteiger partial charge on any atom is 0.0638 e. The van der Waals surface area contributed by atoms with Crippen LogP contribution in [-0.2, 0) is 11.2 Å². The van der Waals surface area contributed by atoms with E-state index in [0.717, 1.165) is 12.8 Å². The van der Waals surface area contributed by atoms with E-state index in [9.17, 15) is 0 Å². The molecule has 0 bridgehead atoms. The number of nitrogens with one attached hydrogen (secondary N) is 1. The predicted octanol–water partition coefficient (Wildman–Crippen LogP) is 3.03. The smallest absolute Gasteiger partial charge is 0.0638 e. The molecule has 0 amide bonds. The number of rotatable bonds is 6. The molecule has 20 heavy (non-hydrogen) atoms. The van der Waals surface area contributed by atoms with Gasteiger partial charge in [0.2, 0.25) is 0 Å². The van der Waals surface area contributed by atoms with Crippen molar-refractivity contribution >= 4 is 10.8 Å². The van der Waals surface area contributed by atoms with Crippen LogP contribution in [0.4, 0.5) is 0 Å². The highest BCUT2D eigenvalue weighted by molar-refractivity contribution is 5.85. The first-order valence-electron chi connectivity index (χ1n) is 7.03. The summed E-state index contributed by atoms with van der Waals surface area (Å²) in [4.78, 5) is 0. The highest BCUT2D eigenvalue weighted by Crippen LogP contribution is 2.23. The van der Waals surface area contributed by atoms with Gasteiger partial charge in [-0.05, 0) is 43.0 Å². The summed E-state index contributed by atoms with van der Waals surface area (Å²) in [6, 6.07) is 15.1. The molecule has 3 heteroatoms. The molecule has 0 radical (unpaired) electrons. The molecule has 0 aliphatic carbocycles. The van der Waals surface area contributed by atoms with E-state index in [1.165, 1.54) is 16.3 Å². The Labute approximate surface area is 121 Å². The molecule has 2 aromatic rings. The van der Waals surface area contributed by atoms with Gasteiger partial charge in [-0.1, -0.05) is 42.5 Å². The van der Waals surface area contributed by atoms with Gasteiger partial charge in [-0.25, -0.2) is 0 Å². The van der Waals surface area contributed by atoms with E-state index < -0.39 is 0 Å². The van der Waals surface area contributed by atoms with Crippen LogP contribution >= 0.6 is 0 Å². The zero-order valence-corrected chi connectivity index (χ0v) is 12.5. The fraction of sp³-hybridized carbons (Fsp3) is 0.412. The van der Waals surface area contributed by atoms with Crippen molar-refractivity contribution in [1.29, 1.82) is 0 Å². The van der Waals surface area contributed by atoms with Crippen LogP contribution in [0.5, 0.6) is 0 Å². The topological polar surface area (TPSA) is 47.3 Å². The first-order valence-corrected chi connectivity index (χ1v) is 7.03. The lowest BCUT2D eigenvalue weighted by molar-refractivity contribution is 0.00713. The Balaban J connectivity index is 2.22. The molecular formula is C17H24N2O. The van der Waals surface area contributed by atoms with Crippen LogP contribution in [0.15, 0.2) is 42.5 Å². The molecular weight excluding hydrogens is 248 g/mol. The van der Waals surface area contributed by atoms with E-state index in [1.807, 2.05) is 0 Å². The van der Waals surface area contributed by atoms with Crippen molar-refractivity contribution in [1.82, 2.24) is 5.43 Å². The fourth-order valence-electron chi connectivity index (χ4n) is 2.60. The van der Waals surface area contributed by atoms with Gasteiger partial charge in [-0.2, -0.15) is 0 Å². The fourth-order valence-corrected chi connectivity index (χ4v) is 2.60. The molecule has 108 valence electrons. The molecule has 2 aromatic carbocycles. The Bertz CT molecular complexity index is 560. The van der Waals surface area contributed by atoms with Crippen molar-refractivity contribution in [2.24, 2.45) is 5.84 Å². The standard InChI is InChI=1S/C17H24N2O/c1-17(2,20-3)12-15(19-18)11-14-9-6-8-13-7-4-5-10-16(13)14/h4-10,15,19H,11-12,18H2,1-3H3. The minimum Gasteiger partial charge on any atom is -0.379 e. The molecule has 0 heterocycles. The van der Waals surface area contributed by atoms with Gasteiger partial charge in [-0.3, -0.25) is 11.3 Å². The van der Waals surface area contributed by atoms with E-state index in [1.54, 1.807) is 7.11 Å². The van der Waals surface area contributed by atoms with Gasteiger partial charge in [0.15, 0.2) is 0 Å². The summed E-state index contributed by atoms with van der Waals surface area (Å²) in [5.74, 6) is 5.72. The number of nitrogens with two attached hydrogens (primary N) is 1. The Morgan fingerprint density at radius 2 is 1.85 bits per heavy atom. The van der Waals surface area contributed by atoms with Gasteiger partial charge in [-0.15, -0.1) is 0 Å². The molecule has 1 atom stereocenters. The van der Waals surface area contributed by atoms with Crippen molar-refractivity contribution in [3.8, 4) is 0 Å². The molecule has 2 rings (SSSR count). The summed E-state index contributed by atoms with van der Waals surface area (Å²) in [6.07, 6.45) is 1.76. The Morgan fingerprint density at radius 3 is 2.55 bits per heavy atom. The van der Waals surface area contributed by atoms with Gasteiger partial charge >= 0.3 is 0 Å². The molecule has 0 aliphatic rings. The van der Waals surface area contributed by atoms with Crippen molar-refractivity contribution in [3.63, 3.8) is 0 Å². The van der Waals surface area contributed by atoms with Crippen molar-refractivity contribution in [3.05, 3.63) is 48.0 Å². The van der Waals surface area contributed by atoms with E-state index in [2.05, 4.69) is 61.7 Å². The average molecular weight is 272 g/mol. The third-order valence-electron chi connectivity index (χ3n) is 3.87. The summed E-state index contributed by atoms with van der Waals surface area (Å²) in [7, 11) is 1.74. The van der Waals surface area contributed by atoms with Crippen molar-refractivity contribution in [2.45, 2.75) is 38.3 Å². The zero-order valence-electron chi connectivity index (χ0n) is 12.5. The number of hydrazine groups is 1. The van der Waals surface area contributed by atoms with Gasteiger partial charge in [0, 0.05) is 13.2 Å². The van der Waals surface area contributed by atoms with E-state index in [0.29, 0.717) is 0 Å². The number of hydrogen-bond acceptors (Lipinski definition) is 3. The first kappa shape index (κ1) is 15.0. The summed E-state index contributed by atoms with van der Waals surface area (Å²) in [6.45, 7) is 4.17. The lowest BCUT2D eigenvalue weighted by atomic mass is 9.92. The number of benzene rings is 2.